The highest BCUT2D eigenvalue weighted by molar-refractivity contribution is 5.78. The van der Waals surface area contributed by atoms with Crippen molar-refractivity contribution in [1.82, 2.24) is 4.90 Å². The SMILES string of the molecule is O=C(C[n+]1cccc(/C=N\O)c1)N1CCOCC1. The van der Waals surface area contributed by atoms with Gasteiger partial charge in [-0.05, 0) is 6.07 Å². The van der Waals surface area contributed by atoms with Crippen molar-refractivity contribution >= 4 is 12.1 Å². The lowest BCUT2D eigenvalue weighted by atomic mass is 10.3. The summed E-state index contributed by atoms with van der Waals surface area (Å²) < 4.78 is 6.98. The zero-order chi connectivity index (χ0) is 12.8. The molecule has 1 amide bonds. The van der Waals surface area contributed by atoms with E-state index in [0.29, 0.717) is 26.3 Å². The summed E-state index contributed by atoms with van der Waals surface area (Å²) in [5.41, 5.74) is 0.745. The number of nitrogens with zero attached hydrogens (tertiary/aromatic N) is 3. The number of hydrogen-bond donors (Lipinski definition) is 1. The number of amides is 1. The van der Waals surface area contributed by atoms with E-state index in [4.69, 9.17) is 9.94 Å². The van der Waals surface area contributed by atoms with Crippen molar-refractivity contribution in [3.8, 4) is 0 Å². The normalized spacial score (nSPS) is 16.1. The second-order valence-electron chi connectivity index (χ2n) is 4.05. The average molecular weight is 250 g/mol. The van der Waals surface area contributed by atoms with Gasteiger partial charge in [-0.3, -0.25) is 4.79 Å². The minimum absolute atomic E-state index is 0.0707. The first-order valence-corrected chi connectivity index (χ1v) is 5.81. The number of oxime groups is 1. The number of carbonyl (C=O) groups excluding carboxylic acids is 1. The number of aromatic nitrogens is 1. The van der Waals surface area contributed by atoms with Crippen molar-refractivity contribution in [2.24, 2.45) is 5.16 Å². The molecular formula is C12H16N3O3+. The Balaban J connectivity index is 1.99. The van der Waals surface area contributed by atoms with E-state index >= 15 is 0 Å². The van der Waals surface area contributed by atoms with Crippen molar-refractivity contribution in [3.63, 3.8) is 0 Å². The van der Waals surface area contributed by atoms with Crippen molar-refractivity contribution < 1.29 is 19.3 Å². The van der Waals surface area contributed by atoms with Gasteiger partial charge in [0.2, 0.25) is 6.54 Å². The molecule has 0 aromatic carbocycles. The second-order valence-corrected chi connectivity index (χ2v) is 4.05. The maximum Gasteiger partial charge on any atom is 0.288 e. The molecule has 0 bridgehead atoms. The van der Waals surface area contributed by atoms with Gasteiger partial charge in [0.25, 0.3) is 5.91 Å². The Morgan fingerprint density at radius 3 is 3.06 bits per heavy atom. The number of rotatable bonds is 3. The summed E-state index contributed by atoms with van der Waals surface area (Å²) in [7, 11) is 0. The molecule has 0 atom stereocenters. The summed E-state index contributed by atoms with van der Waals surface area (Å²) in [5, 5.41) is 11.4. The van der Waals surface area contributed by atoms with E-state index in [-0.39, 0.29) is 12.5 Å². The number of carbonyl (C=O) groups is 1. The van der Waals surface area contributed by atoms with E-state index in [0.717, 1.165) is 5.56 Å². The van der Waals surface area contributed by atoms with Gasteiger partial charge < -0.3 is 14.8 Å². The van der Waals surface area contributed by atoms with E-state index in [1.807, 2.05) is 12.3 Å². The van der Waals surface area contributed by atoms with Crippen LogP contribution < -0.4 is 4.57 Å². The average Bonchev–Trinajstić information content (AvgIpc) is 2.40. The first kappa shape index (κ1) is 12.5. The molecule has 1 N–H and O–H groups in total. The highest BCUT2D eigenvalue weighted by Crippen LogP contribution is 1.98. The molecule has 0 saturated carbocycles. The summed E-state index contributed by atoms with van der Waals surface area (Å²) in [6, 6.07) is 3.61. The van der Waals surface area contributed by atoms with E-state index in [1.54, 1.807) is 21.7 Å². The Kier molecular flexibility index (Phi) is 4.25. The molecule has 6 nitrogen and oxygen atoms in total. The van der Waals surface area contributed by atoms with Crippen molar-refractivity contribution in [3.05, 3.63) is 30.1 Å². The number of morpholine rings is 1. The van der Waals surface area contributed by atoms with Crippen LogP contribution in [-0.4, -0.2) is 48.5 Å². The molecular weight excluding hydrogens is 234 g/mol. The molecule has 0 spiro atoms. The molecule has 18 heavy (non-hydrogen) atoms. The van der Waals surface area contributed by atoms with E-state index < -0.39 is 0 Å². The standard InChI is InChI=1S/C12H15N3O3/c16-12(15-4-6-18-7-5-15)10-14-3-1-2-11(9-14)8-13-17/h1-3,8-9H,4-7,10H2/p+1/b13-8-. The van der Waals surface area contributed by atoms with Gasteiger partial charge in [0.15, 0.2) is 12.4 Å². The van der Waals surface area contributed by atoms with Crippen LogP contribution in [0.3, 0.4) is 0 Å². The number of pyridine rings is 1. The maximum atomic E-state index is 12.0. The number of ether oxygens (including phenoxy) is 1. The molecule has 1 fully saturated rings. The third-order valence-corrected chi connectivity index (χ3v) is 2.77. The predicted octanol–water partition coefficient (Wildman–Crippen LogP) is -0.359. The lowest BCUT2D eigenvalue weighted by Crippen LogP contribution is -2.48. The Hall–Kier alpha value is -1.95. The van der Waals surface area contributed by atoms with Crippen LogP contribution in [-0.2, 0) is 16.1 Å². The molecule has 2 rings (SSSR count). The van der Waals surface area contributed by atoms with Crippen LogP contribution in [0.25, 0.3) is 0 Å². The Morgan fingerprint density at radius 1 is 1.56 bits per heavy atom. The second kappa shape index (κ2) is 6.11. The summed E-state index contributed by atoms with van der Waals surface area (Å²) in [6.45, 7) is 2.79. The van der Waals surface area contributed by atoms with E-state index in [2.05, 4.69) is 5.16 Å². The third kappa shape index (κ3) is 3.27. The molecule has 6 heteroatoms. The van der Waals surface area contributed by atoms with Gasteiger partial charge in [-0.1, -0.05) is 5.16 Å². The largest absolute Gasteiger partial charge is 0.411 e. The molecule has 0 unspecified atom stereocenters. The molecule has 1 aliphatic rings. The molecule has 96 valence electrons. The first-order chi connectivity index (χ1) is 8.79. The Bertz CT molecular complexity index is 442. The molecule has 1 aromatic heterocycles. The van der Waals surface area contributed by atoms with Gasteiger partial charge in [-0.25, -0.2) is 0 Å². The minimum Gasteiger partial charge on any atom is -0.411 e. The van der Waals surface area contributed by atoms with Crippen molar-refractivity contribution in [2.45, 2.75) is 6.54 Å². The first-order valence-electron chi connectivity index (χ1n) is 5.81. The molecule has 1 aromatic rings. The molecule has 0 aliphatic carbocycles. The highest BCUT2D eigenvalue weighted by Gasteiger charge is 2.20. The summed E-state index contributed by atoms with van der Waals surface area (Å²) in [5.74, 6) is 0.0707. The molecule has 2 heterocycles. The lowest BCUT2D eigenvalue weighted by Gasteiger charge is -2.25. The number of hydrogen-bond acceptors (Lipinski definition) is 4. The summed E-state index contributed by atoms with van der Waals surface area (Å²) >= 11 is 0. The van der Waals surface area contributed by atoms with Gasteiger partial charge >= 0.3 is 0 Å². The molecule has 0 radical (unpaired) electrons. The van der Waals surface area contributed by atoms with Crippen LogP contribution >= 0.6 is 0 Å². The van der Waals surface area contributed by atoms with Gasteiger partial charge in [0.1, 0.15) is 0 Å². The van der Waals surface area contributed by atoms with Gasteiger partial charge in [-0.2, -0.15) is 4.57 Å². The van der Waals surface area contributed by atoms with Crippen LogP contribution in [0.15, 0.2) is 29.7 Å². The topological polar surface area (TPSA) is 66.0 Å². The smallest absolute Gasteiger partial charge is 0.288 e. The lowest BCUT2D eigenvalue weighted by molar-refractivity contribution is -0.685. The van der Waals surface area contributed by atoms with Crippen LogP contribution in [0.1, 0.15) is 5.56 Å². The van der Waals surface area contributed by atoms with Crippen molar-refractivity contribution in [2.75, 3.05) is 26.3 Å². The van der Waals surface area contributed by atoms with Crippen LogP contribution in [0.5, 0.6) is 0 Å². The quantitative estimate of drug-likeness (QED) is 0.345. The maximum absolute atomic E-state index is 12.0. The fourth-order valence-electron chi connectivity index (χ4n) is 1.85. The zero-order valence-corrected chi connectivity index (χ0v) is 10.0. The van der Waals surface area contributed by atoms with E-state index in [1.165, 1.54) is 6.21 Å². The monoisotopic (exact) mass is 250 g/mol. The van der Waals surface area contributed by atoms with Gasteiger partial charge in [0, 0.05) is 19.2 Å². The highest BCUT2D eigenvalue weighted by atomic mass is 16.5. The van der Waals surface area contributed by atoms with Crippen LogP contribution in [0.4, 0.5) is 0 Å². The van der Waals surface area contributed by atoms with Gasteiger partial charge in [-0.15, -0.1) is 0 Å². The molecule has 1 saturated heterocycles. The zero-order valence-electron chi connectivity index (χ0n) is 10.0. The summed E-state index contributed by atoms with van der Waals surface area (Å²) in [6.07, 6.45) is 4.90. The van der Waals surface area contributed by atoms with Crippen LogP contribution in [0, 0.1) is 0 Å². The van der Waals surface area contributed by atoms with Crippen LogP contribution in [0.2, 0.25) is 0 Å². The molecule has 1 aliphatic heterocycles. The Labute approximate surface area is 105 Å². The van der Waals surface area contributed by atoms with E-state index in [9.17, 15) is 4.79 Å². The third-order valence-electron chi connectivity index (χ3n) is 2.77. The fourth-order valence-corrected chi connectivity index (χ4v) is 1.85. The minimum atomic E-state index is 0.0707. The fraction of sp³-hybridized carbons (Fsp3) is 0.417. The predicted molar refractivity (Wildman–Crippen MR) is 63.4 cm³/mol. The van der Waals surface area contributed by atoms with Gasteiger partial charge in [0.05, 0.1) is 25.0 Å². The van der Waals surface area contributed by atoms with Crippen molar-refractivity contribution in [1.29, 1.82) is 0 Å². The summed E-state index contributed by atoms with van der Waals surface area (Å²) in [4.78, 5) is 13.8. The Morgan fingerprint density at radius 2 is 2.33 bits per heavy atom.